The van der Waals surface area contributed by atoms with E-state index in [1.165, 1.54) is 0 Å². The zero-order valence-electron chi connectivity index (χ0n) is 11.9. The molecule has 0 aliphatic carbocycles. The molecule has 1 aromatic carbocycles. The van der Waals surface area contributed by atoms with Gasteiger partial charge in [-0.2, -0.15) is 5.10 Å². The van der Waals surface area contributed by atoms with Crippen molar-refractivity contribution in [2.24, 2.45) is 0 Å². The van der Waals surface area contributed by atoms with Gasteiger partial charge in [-0.25, -0.2) is 4.79 Å². The van der Waals surface area contributed by atoms with Gasteiger partial charge in [0.05, 0.1) is 6.61 Å². The van der Waals surface area contributed by atoms with Crippen LogP contribution in [0.25, 0.3) is 0 Å². The normalized spacial score (nSPS) is 10.1. The van der Waals surface area contributed by atoms with E-state index in [0.717, 1.165) is 11.1 Å². The number of amides is 2. The number of urea groups is 1. The minimum absolute atomic E-state index is 0.318. The molecule has 2 amide bonds. The SMILES string of the molecule is CCOCc1ccccc1CNC(=O)Nc1cccnn1. The van der Waals surface area contributed by atoms with Crippen LogP contribution in [0.2, 0.25) is 0 Å². The van der Waals surface area contributed by atoms with Crippen LogP contribution in [0.1, 0.15) is 18.1 Å². The lowest BCUT2D eigenvalue weighted by atomic mass is 10.1. The minimum Gasteiger partial charge on any atom is -0.377 e. The predicted octanol–water partition coefficient (Wildman–Crippen LogP) is 2.33. The highest BCUT2D eigenvalue weighted by Gasteiger charge is 2.05. The summed E-state index contributed by atoms with van der Waals surface area (Å²) in [5.74, 6) is 0.414. The number of carbonyl (C=O) groups is 1. The van der Waals surface area contributed by atoms with Crippen molar-refractivity contribution in [3.63, 3.8) is 0 Å². The molecule has 6 heteroatoms. The van der Waals surface area contributed by atoms with Crippen molar-refractivity contribution in [2.75, 3.05) is 11.9 Å². The molecule has 0 atom stereocenters. The molecule has 0 bridgehead atoms. The topological polar surface area (TPSA) is 76.1 Å². The van der Waals surface area contributed by atoms with Gasteiger partial charge in [-0.1, -0.05) is 24.3 Å². The van der Waals surface area contributed by atoms with Crippen LogP contribution in [0.5, 0.6) is 0 Å². The van der Waals surface area contributed by atoms with E-state index in [2.05, 4.69) is 20.8 Å². The second-order valence-corrected chi connectivity index (χ2v) is 4.32. The van der Waals surface area contributed by atoms with E-state index in [9.17, 15) is 4.79 Å². The number of aromatic nitrogens is 2. The first-order chi connectivity index (χ1) is 10.3. The Morgan fingerprint density at radius 2 is 2.00 bits per heavy atom. The van der Waals surface area contributed by atoms with Gasteiger partial charge >= 0.3 is 6.03 Å². The lowest BCUT2D eigenvalue weighted by Gasteiger charge is -2.11. The molecule has 1 heterocycles. The van der Waals surface area contributed by atoms with Gasteiger partial charge in [-0.3, -0.25) is 5.32 Å². The molecule has 0 saturated heterocycles. The second-order valence-electron chi connectivity index (χ2n) is 4.32. The fourth-order valence-corrected chi connectivity index (χ4v) is 1.79. The molecule has 21 heavy (non-hydrogen) atoms. The number of hydrogen-bond acceptors (Lipinski definition) is 4. The van der Waals surface area contributed by atoms with E-state index in [0.29, 0.717) is 25.6 Å². The smallest absolute Gasteiger partial charge is 0.320 e. The number of hydrogen-bond donors (Lipinski definition) is 2. The molecule has 0 radical (unpaired) electrons. The molecule has 0 fully saturated rings. The Bertz CT molecular complexity index is 575. The van der Waals surface area contributed by atoms with Gasteiger partial charge in [0.15, 0.2) is 5.82 Å². The van der Waals surface area contributed by atoms with Gasteiger partial charge in [0.25, 0.3) is 0 Å². The van der Waals surface area contributed by atoms with Crippen LogP contribution in [0.4, 0.5) is 10.6 Å². The molecule has 2 aromatic rings. The number of ether oxygens (including phenoxy) is 1. The summed E-state index contributed by atoms with van der Waals surface area (Å²) >= 11 is 0. The van der Waals surface area contributed by atoms with Gasteiger partial charge in [0, 0.05) is 19.3 Å². The van der Waals surface area contributed by atoms with E-state index in [4.69, 9.17) is 4.74 Å². The second kappa shape index (κ2) is 7.96. The highest BCUT2D eigenvalue weighted by atomic mass is 16.5. The molecule has 1 aromatic heterocycles. The van der Waals surface area contributed by atoms with Crippen molar-refractivity contribution < 1.29 is 9.53 Å². The summed E-state index contributed by atoms with van der Waals surface area (Å²) in [5.41, 5.74) is 2.10. The molecule has 0 aliphatic rings. The van der Waals surface area contributed by atoms with E-state index in [1.54, 1.807) is 18.3 Å². The number of benzene rings is 1. The van der Waals surface area contributed by atoms with Gasteiger partial charge in [-0.05, 0) is 30.2 Å². The Morgan fingerprint density at radius 3 is 2.71 bits per heavy atom. The van der Waals surface area contributed by atoms with Gasteiger partial charge in [0.2, 0.25) is 0 Å². The summed E-state index contributed by atoms with van der Waals surface area (Å²) < 4.78 is 5.42. The van der Waals surface area contributed by atoms with Crippen LogP contribution >= 0.6 is 0 Å². The molecule has 2 N–H and O–H groups in total. The van der Waals surface area contributed by atoms with Gasteiger partial charge in [0.1, 0.15) is 0 Å². The van der Waals surface area contributed by atoms with Crippen molar-refractivity contribution in [3.05, 3.63) is 53.7 Å². The molecule has 0 spiro atoms. The molecular weight excluding hydrogens is 268 g/mol. The van der Waals surface area contributed by atoms with Crippen LogP contribution in [0, 0.1) is 0 Å². The first-order valence-corrected chi connectivity index (χ1v) is 6.76. The third kappa shape index (κ3) is 4.85. The van der Waals surface area contributed by atoms with Crippen molar-refractivity contribution in [3.8, 4) is 0 Å². The Balaban J connectivity index is 1.89. The maximum Gasteiger partial charge on any atom is 0.320 e. The average molecular weight is 286 g/mol. The lowest BCUT2D eigenvalue weighted by molar-refractivity contribution is 0.133. The number of carbonyl (C=O) groups excluding carboxylic acids is 1. The molecule has 2 rings (SSSR count). The predicted molar refractivity (Wildman–Crippen MR) is 79.7 cm³/mol. The van der Waals surface area contributed by atoms with Crippen molar-refractivity contribution in [1.29, 1.82) is 0 Å². The minimum atomic E-state index is -0.318. The first-order valence-electron chi connectivity index (χ1n) is 6.76. The highest BCUT2D eigenvalue weighted by molar-refractivity contribution is 5.87. The molecular formula is C15H18N4O2. The number of nitrogens with one attached hydrogen (secondary N) is 2. The maximum atomic E-state index is 11.8. The van der Waals surface area contributed by atoms with Gasteiger partial charge < -0.3 is 10.1 Å². The summed E-state index contributed by atoms with van der Waals surface area (Å²) in [6.45, 7) is 3.58. The van der Waals surface area contributed by atoms with Crippen molar-refractivity contribution >= 4 is 11.8 Å². The monoisotopic (exact) mass is 286 g/mol. The molecule has 110 valence electrons. The van der Waals surface area contributed by atoms with E-state index in [1.807, 2.05) is 31.2 Å². The van der Waals surface area contributed by atoms with E-state index in [-0.39, 0.29) is 6.03 Å². The molecule has 6 nitrogen and oxygen atoms in total. The molecule has 0 aliphatic heterocycles. The Labute approximate surface area is 123 Å². The van der Waals surface area contributed by atoms with E-state index >= 15 is 0 Å². The van der Waals surface area contributed by atoms with Crippen LogP contribution in [-0.2, 0) is 17.9 Å². The van der Waals surface area contributed by atoms with Crippen LogP contribution in [-0.4, -0.2) is 22.8 Å². The Hall–Kier alpha value is -2.47. The highest BCUT2D eigenvalue weighted by Crippen LogP contribution is 2.10. The lowest BCUT2D eigenvalue weighted by Crippen LogP contribution is -2.29. The summed E-state index contributed by atoms with van der Waals surface area (Å²) in [6.07, 6.45) is 1.55. The van der Waals surface area contributed by atoms with Gasteiger partial charge in [-0.15, -0.1) is 5.10 Å². The zero-order valence-corrected chi connectivity index (χ0v) is 11.9. The fraction of sp³-hybridized carbons (Fsp3) is 0.267. The van der Waals surface area contributed by atoms with Crippen molar-refractivity contribution in [2.45, 2.75) is 20.1 Å². The summed E-state index contributed by atoms with van der Waals surface area (Å²) in [6, 6.07) is 10.9. The average Bonchev–Trinajstić information content (AvgIpc) is 2.52. The standard InChI is InChI=1S/C15H18N4O2/c1-2-21-11-13-7-4-3-6-12(13)10-16-15(20)18-14-8-5-9-17-19-14/h3-9H,2,10-11H2,1H3,(H2,16,18,19,20). The maximum absolute atomic E-state index is 11.8. The van der Waals surface area contributed by atoms with Crippen molar-refractivity contribution in [1.82, 2.24) is 15.5 Å². The Kier molecular flexibility index (Phi) is 5.66. The Morgan fingerprint density at radius 1 is 1.19 bits per heavy atom. The van der Waals surface area contributed by atoms with Crippen LogP contribution in [0.15, 0.2) is 42.6 Å². The summed E-state index contributed by atoms with van der Waals surface area (Å²) in [7, 11) is 0. The first kappa shape index (κ1) is 14.9. The third-order valence-corrected chi connectivity index (χ3v) is 2.83. The summed E-state index contributed by atoms with van der Waals surface area (Å²) in [5, 5.41) is 12.9. The zero-order chi connectivity index (χ0) is 14.9. The molecule has 0 unspecified atom stereocenters. The van der Waals surface area contributed by atoms with Crippen LogP contribution in [0.3, 0.4) is 0 Å². The number of rotatable bonds is 6. The number of nitrogens with zero attached hydrogens (tertiary/aromatic N) is 2. The van der Waals surface area contributed by atoms with E-state index < -0.39 is 0 Å². The largest absolute Gasteiger partial charge is 0.377 e. The fourth-order valence-electron chi connectivity index (χ4n) is 1.79. The summed E-state index contributed by atoms with van der Waals surface area (Å²) in [4.78, 5) is 11.8. The van der Waals surface area contributed by atoms with Crippen LogP contribution < -0.4 is 10.6 Å². The quantitative estimate of drug-likeness (QED) is 0.854. The number of anilines is 1. The third-order valence-electron chi connectivity index (χ3n) is 2.83. The molecule has 0 saturated carbocycles.